The second-order valence-electron chi connectivity index (χ2n) is 5.30. The smallest absolute Gasteiger partial charge is 0.410 e. The molecule has 0 aromatic rings. The highest BCUT2D eigenvalue weighted by Gasteiger charge is 2.30. The number of nitriles is 1. The van der Waals surface area contributed by atoms with Crippen LogP contribution in [0.5, 0.6) is 0 Å². The van der Waals surface area contributed by atoms with Gasteiger partial charge in [0.1, 0.15) is 11.8 Å². The summed E-state index contributed by atoms with van der Waals surface area (Å²) in [6, 6.07) is 1.95. The van der Waals surface area contributed by atoms with E-state index in [1.807, 2.05) is 6.07 Å². The second kappa shape index (κ2) is 5.35. The van der Waals surface area contributed by atoms with Gasteiger partial charge in [-0.25, -0.2) is 9.18 Å². The maximum absolute atomic E-state index is 13.5. The number of amides is 1. The van der Waals surface area contributed by atoms with E-state index >= 15 is 0 Å². The fourth-order valence-corrected chi connectivity index (χ4v) is 1.72. The number of likely N-dealkylation sites (tertiary alicyclic amines) is 1. The van der Waals surface area contributed by atoms with Crippen molar-refractivity contribution in [3.8, 4) is 6.07 Å². The van der Waals surface area contributed by atoms with E-state index in [0.717, 1.165) is 0 Å². The molecule has 1 heterocycles. The second-order valence-corrected chi connectivity index (χ2v) is 5.30. The standard InChI is InChI=1S/C12H19FN2O2/c1-12(2,3)17-11(16)15-6-4-9(8-14)10(13)5-7-15/h9-10H,4-7H2,1-3H3/t9-,10+/m0/s1. The largest absolute Gasteiger partial charge is 0.444 e. The summed E-state index contributed by atoms with van der Waals surface area (Å²) in [6.45, 7) is 6.07. The van der Waals surface area contributed by atoms with Gasteiger partial charge in [0.15, 0.2) is 0 Å². The molecular weight excluding hydrogens is 223 g/mol. The summed E-state index contributed by atoms with van der Waals surface area (Å²) in [5.74, 6) is -0.609. The topological polar surface area (TPSA) is 53.3 Å². The van der Waals surface area contributed by atoms with Gasteiger partial charge in [0.05, 0.1) is 12.0 Å². The molecule has 1 aliphatic heterocycles. The van der Waals surface area contributed by atoms with Crippen molar-refractivity contribution in [1.29, 1.82) is 5.26 Å². The van der Waals surface area contributed by atoms with Crippen molar-refractivity contribution in [2.45, 2.75) is 45.4 Å². The molecule has 2 atom stereocenters. The van der Waals surface area contributed by atoms with Crippen LogP contribution >= 0.6 is 0 Å². The van der Waals surface area contributed by atoms with Gasteiger partial charge in [-0.1, -0.05) is 0 Å². The molecule has 1 aliphatic rings. The van der Waals surface area contributed by atoms with Crippen LogP contribution in [0.1, 0.15) is 33.6 Å². The number of ether oxygens (including phenoxy) is 1. The zero-order valence-electron chi connectivity index (χ0n) is 10.6. The molecule has 17 heavy (non-hydrogen) atoms. The van der Waals surface area contributed by atoms with Crippen molar-refractivity contribution < 1.29 is 13.9 Å². The summed E-state index contributed by atoms with van der Waals surface area (Å²) in [6.07, 6.45) is -0.996. The summed E-state index contributed by atoms with van der Waals surface area (Å²) in [5, 5.41) is 8.77. The molecule has 1 fully saturated rings. The van der Waals surface area contributed by atoms with Gasteiger partial charge in [-0.3, -0.25) is 0 Å². The van der Waals surface area contributed by atoms with Crippen LogP contribution in [-0.2, 0) is 4.74 Å². The Morgan fingerprint density at radius 3 is 2.53 bits per heavy atom. The first-order valence-electron chi connectivity index (χ1n) is 5.85. The summed E-state index contributed by atoms with van der Waals surface area (Å²) in [7, 11) is 0. The van der Waals surface area contributed by atoms with Crippen LogP contribution in [0.25, 0.3) is 0 Å². The van der Waals surface area contributed by atoms with Crippen LogP contribution in [-0.4, -0.2) is 35.9 Å². The van der Waals surface area contributed by atoms with Crippen molar-refractivity contribution in [3.05, 3.63) is 0 Å². The third-order valence-electron chi connectivity index (χ3n) is 2.64. The maximum atomic E-state index is 13.5. The Kier molecular flexibility index (Phi) is 4.33. The zero-order chi connectivity index (χ0) is 13.1. The summed E-state index contributed by atoms with van der Waals surface area (Å²) in [5.41, 5.74) is -0.548. The molecule has 0 unspecified atom stereocenters. The molecule has 0 aromatic carbocycles. The summed E-state index contributed by atoms with van der Waals surface area (Å²) in [4.78, 5) is 13.2. The number of hydrogen-bond donors (Lipinski definition) is 0. The molecule has 0 aliphatic carbocycles. The normalized spacial score (nSPS) is 25.9. The van der Waals surface area contributed by atoms with Gasteiger partial charge in [0, 0.05) is 13.1 Å². The molecule has 96 valence electrons. The number of rotatable bonds is 0. The summed E-state index contributed by atoms with van der Waals surface area (Å²) < 4.78 is 18.7. The van der Waals surface area contributed by atoms with Crippen molar-refractivity contribution in [1.82, 2.24) is 4.90 Å². The molecule has 5 heteroatoms. The minimum atomic E-state index is -1.15. The van der Waals surface area contributed by atoms with Crippen molar-refractivity contribution in [2.24, 2.45) is 5.92 Å². The first kappa shape index (κ1) is 13.8. The zero-order valence-corrected chi connectivity index (χ0v) is 10.6. The Balaban J connectivity index is 2.57. The first-order chi connectivity index (χ1) is 7.83. The van der Waals surface area contributed by atoms with Crippen molar-refractivity contribution >= 4 is 6.09 Å². The van der Waals surface area contributed by atoms with Crippen molar-refractivity contribution in [2.75, 3.05) is 13.1 Å². The van der Waals surface area contributed by atoms with Gasteiger partial charge in [0.2, 0.25) is 0 Å². The quantitative estimate of drug-likeness (QED) is 0.655. The lowest BCUT2D eigenvalue weighted by molar-refractivity contribution is 0.0254. The van der Waals surface area contributed by atoms with Crippen LogP contribution in [0.3, 0.4) is 0 Å². The molecule has 0 aromatic heterocycles. The number of nitrogens with zero attached hydrogens (tertiary/aromatic N) is 2. The third kappa shape index (κ3) is 4.22. The molecular formula is C12H19FN2O2. The van der Waals surface area contributed by atoms with Gasteiger partial charge in [-0.05, 0) is 33.6 Å². The highest BCUT2D eigenvalue weighted by Crippen LogP contribution is 2.21. The number of carbonyl (C=O) groups excluding carboxylic acids is 1. The van der Waals surface area contributed by atoms with Crippen molar-refractivity contribution in [3.63, 3.8) is 0 Å². The van der Waals surface area contributed by atoms with E-state index in [0.29, 0.717) is 19.5 Å². The number of halogens is 1. The average Bonchev–Trinajstić information content (AvgIpc) is 2.37. The molecule has 0 bridgehead atoms. The minimum absolute atomic E-state index is 0.206. The average molecular weight is 242 g/mol. The monoisotopic (exact) mass is 242 g/mol. The van der Waals surface area contributed by atoms with Gasteiger partial charge in [-0.15, -0.1) is 0 Å². The number of hydrogen-bond acceptors (Lipinski definition) is 3. The maximum Gasteiger partial charge on any atom is 0.410 e. The van der Waals surface area contributed by atoms with E-state index in [2.05, 4.69) is 0 Å². The Labute approximate surface area is 101 Å². The summed E-state index contributed by atoms with van der Waals surface area (Å²) >= 11 is 0. The van der Waals surface area contributed by atoms with E-state index in [-0.39, 0.29) is 6.42 Å². The van der Waals surface area contributed by atoms with Crippen LogP contribution in [0.15, 0.2) is 0 Å². The SMILES string of the molecule is CC(C)(C)OC(=O)N1CC[C@@H](F)[C@H](C#N)CC1. The highest BCUT2D eigenvalue weighted by atomic mass is 19.1. The Morgan fingerprint density at radius 2 is 2.00 bits per heavy atom. The number of alkyl halides is 1. The molecule has 0 radical (unpaired) electrons. The molecule has 0 N–H and O–H groups in total. The fraction of sp³-hybridized carbons (Fsp3) is 0.833. The van der Waals surface area contributed by atoms with Gasteiger partial charge in [0.25, 0.3) is 0 Å². The van der Waals surface area contributed by atoms with E-state index < -0.39 is 23.8 Å². The van der Waals surface area contributed by atoms with Crippen LogP contribution in [0.2, 0.25) is 0 Å². The Morgan fingerprint density at radius 1 is 1.41 bits per heavy atom. The van der Waals surface area contributed by atoms with Gasteiger partial charge in [-0.2, -0.15) is 5.26 Å². The molecule has 1 rings (SSSR count). The van der Waals surface area contributed by atoms with Gasteiger partial charge < -0.3 is 9.64 Å². The molecule has 1 amide bonds. The van der Waals surface area contributed by atoms with E-state index in [4.69, 9.17) is 10.00 Å². The Bertz CT molecular complexity index is 319. The minimum Gasteiger partial charge on any atom is -0.444 e. The first-order valence-corrected chi connectivity index (χ1v) is 5.85. The molecule has 0 saturated carbocycles. The lowest BCUT2D eigenvalue weighted by atomic mass is 10.0. The van der Waals surface area contributed by atoms with E-state index in [9.17, 15) is 9.18 Å². The lowest BCUT2D eigenvalue weighted by Gasteiger charge is -2.26. The number of carbonyl (C=O) groups is 1. The van der Waals surface area contributed by atoms with E-state index in [1.54, 1.807) is 20.8 Å². The third-order valence-corrected chi connectivity index (χ3v) is 2.64. The van der Waals surface area contributed by atoms with Gasteiger partial charge >= 0.3 is 6.09 Å². The highest BCUT2D eigenvalue weighted by molar-refractivity contribution is 5.68. The predicted octanol–water partition coefficient (Wildman–Crippen LogP) is 2.50. The predicted molar refractivity (Wildman–Crippen MR) is 61.0 cm³/mol. The van der Waals surface area contributed by atoms with Crippen LogP contribution in [0.4, 0.5) is 9.18 Å². The molecule has 4 nitrogen and oxygen atoms in total. The van der Waals surface area contributed by atoms with Crippen LogP contribution < -0.4 is 0 Å². The lowest BCUT2D eigenvalue weighted by Crippen LogP contribution is -2.37. The van der Waals surface area contributed by atoms with E-state index in [1.165, 1.54) is 4.90 Å². The van der Waals surface area contributed by atoms with Crippen LogP contribution in [0, 0.1) is 17.2 Å². The molecule has 1 saturated heterocycles. The Hall–Kier alpha value is -1.31. The fourth-order valence-electron chi connectivity index (χ4n) is 1.72. The molecule has 0 spiro atoms.